The lowest BCUT2D eigenvalue weighted by Crippen LogP contribution is -2.10. The summed E-state index contributed by atoms with van der Waals surface area (Å²) in [6, 6.07) is 25.4. The molecule has 2 aromatic heterocycles. The van der Waals surface area contributed by atoms with Crippen molar-refractivity contribution in [1.29, 1.82) is 0 Å². The Morgan fingerprint density at radius 1 is 1.03 bits per heavy atom. The molecule has 0 spiro atoms. The summed E-state index contributed by atoms with van der Waals surface area (Å²) in [6.45, 7) is 1.11. The predicted octanol–water partition coefficient (Wildman–Crippen LogP) is 5.79. The van der Waals surface area contributed by atoms with Gasteiger partial charge in [0.2, 0.25) is 0 Å². The molecule has 5 rings (SSSR count). The third-order valence-corrected chi connectivity index (χ3v) is 6.26. The van der Waals surface area contributed by atoms with Gasteiger partial charge in [0.05, 0.1) is 11.4 Å². The van der Waals surface area contributed by atoms with Crippen molar-refractivity contribution in [2.24, 2.45) is 0 Å². The molecule has 0 amide bonds. The molecule has 1 atom stereocenters. The van der Waals surface area contributed by atoms with Crippen LogP contribution in [0.3, 0.4) is 0 Å². The second-order valence-corrected chi connectivity index (χ2v) is 10.4. The van der Waals surface area contributed by atoms with Crippen LogP contribution in [0.15, 0.2) is 89.7 Å². The molecule has 0 bridgehead atoms. The van der Waals surface area contributed by atoms with Crippen molar-refractivity contribution in [3.63, 3.8) is 0 Å². The van der Waals surface area contributed by atoms with Crippen molar-refractivity contribution in [3.8, 4) is 28.1 Å². The lowest BCUT2D eigenvalue weighted by molar-refractivity contribution is 0.388. The normalized spacial score (nSPS) is 13.0. The number of hydrogen-bond acceptors (Lipinski definition) is 4. The molecule has 1 unspecified atom stereocenters. The van der Waals surface area contributed by atoms with E-state index < -0.39 is 7.60 Å². The molecule has 176 valence electrons. The quantitative estimate of drug-likeness (QED) is 0.284. The first-order valence-corrected chi connectivity index (χ1v) is 13.2. The molecule has 0 aliphatic carbocycles. The van der Waals surface area contributed by atoms with Crippen LogP contribution in [0.5, 0.6) is 5.75 Å². The monoisotopic (exact) mass is 505 g/mol. The van der Waals surface area contributed by atoms with Crippen molar-refractivity contribution >= 4 is 24.8 Å². The van der Waals surface area contributed by atoms with Crippen molar-refractivity contribution in [1.82, 2.24) is 14.6 Å². The van der Waals surface area contributed by atoms with Crippen molar-refractivity contribution in [3.05, 3.63) is 112 Å². The van der Waals surface area contributed by atoms with E-state index in [0.717, 1.165) is 29.0 Å². The van der Waals surface area contributed by atoms with Gasteiger partial charge < -0.3 is 14.4 Å². The highest BCUT2D eigenvalue weighted by Gasteiger charge is 2.22. The van der Waals surface area contributed by atoms with Gasteiger partial charge in [-0.3, -0.25) is 4.79 Å². The first kappa shape index (κ1) is 23.1. The van der Waals surface area contributed by atoms with Gasteiger partial charge in [-0.1, -0.05) is 66.2 Å². The van der Waals surface area contributed by atoms with E-state index in [2.05, 4.69) is 4.98 Å². The Morgan fingerprint density at radius 3 is 2.43 bits per heavy atom. The Labute approximate surface area is 206 Å². The highest BCUT2D eigenvalue weighted by Crippen LogP contribution is 2.42. The van der Waals surface area contributed by atoms with E-state index in [1.807, 2.05) is 42.5 Å². The van der Waals surface area contributed by atoms with E-state index in [0.29, 0.717) is 28.3 Å². The molecule has 35 heavy (non-hydrogen) atoms. The summed E-state index contributed by atoms with van der Waals surface area (Å²) < 4.78 is 19.0. The fourth-order valence-corrected chi connectivity index (χ4v) is 4.71. The number of halogens is 1. The minimum absolute atomic E-state index is 0.181. The van der Waals surface area contributed by atoms with E-state index in [1.165, 1.54) is 6.07 Å². The molecule has 0 saturated carbocycles. The number of rotatable bonds is 6. The number of hydrogen-bond donors (Lipinski definition) is 2. The standard InChI is InChI=1S/C26H21ClN3O4P/c1-35(32,33)34-23-10-6-5-9-20(23)22-16-24(31)28-26-25(18-11-13-19(27)14-12-18)21(29-30(22)26)15-17-7-3-2-4-8-17/h2-14,16H,15H2,1H3,(H,28,31)(H,32,33). The van der Waals surface area contributed by atoms with E-state index in [9.17, 15) is 14.3 Å². The van der Waals surface area contributed by atoms with Crippen molar-refractivity contribution < 1.29 is 14.0 Å². The van der Waals surface area contributed by atoms with E-state index >= 15 is 0 Å². The Morgan fingerprint density at radius 2 is 1.71 bits per heavy atom. The Balaban J connectivity index is 1.79. The summed E-state index contributed by atoms with van der Waals surface area (Å²) in [4.78, 5) is 25.6. The summed E-state index contributed by atoms with van der Waals surface area (Å²) in [5.74, 6) is 0.181. The van der Waals surface area contributed by atoms with Crippen LogP contribution in [0.1, 0.15) is 11.3 Å². The highest BCUT2D eigenvalue weighted by molar-refractivity contribution is 7.52. The van der Waals surface area contributed by atoms with Crippen LogP contribution in [-0.2, 0) is 11.0 Å². The fourth-order valence-electron chi connectivity index (χ4n) is 4.06. The second-order valence-electron chi connectivity index (χ2n) is 8.16. The van der Waals surface area contributed by atoms with Crippen LogP contribution in [0, 0.1) is 0 Å². The molecule has 9 heteroatoms. The maximum Gasteiger partial charge on any atom is 0.373 e. The van der Waals surface area contributed by atoms with Crippen LogP contribution in [-0.4, -0.2) is 26.2 Å². The third kappa shape index (κ3) is 4.93. The van der Waals surface area contributed by atoms with Crippen LogP contribution < -0.4 is 10.1 Å². The lowest BCUT2D eigenvalue weighted by Gasteiger charge is -2.14. The molecule has 0 saturated heterocycles. The van der Waals surface area contributed by atoms with E-state index in [1.54, 1.807) is 40.9 Å². The van der Waals surface area contributed by atoms with Gasteiger partial charge in [0, 0.05) is 35.3 Å². The van der Waals surface area contributed by atoms with Gasteiger partial charge in [-0.05, 0) is 35.4 Å². The van der Waals surface area contributed by atoms with Gasteiger partial charge in [-0.15, -0.1) is 0 Å². The molecular formula is C26H21ClN3O4P. The molecule has 0 fully saturated rings. The molecule has 0 radical (unpaired) electrons. The summed E-state index contributed by atoms with van der Waals surface area (Å²) in [6.07, 6.45) is 0.529. The van der Waals surface area contributed by atoms with Crippen molar-refractivity contribution in [2.75, 3.05) is 6.66 Å². The lowest BCUT2D eigenvalue weighted by atomic mass is 10.0. The Hall–Kier alpha value is -3.64. The topological polar surface area (TPSA) is 96.7 Å². The number of aromatic amines is 1. The summed E-state index contributed by atoms with van der Waals surface area (Å²) >= 11 is 6.13. The first-order valence-electron chi connectivity index (χ1n) is 10.8. The third-order valence-electron chi connectivity index (χ3n) is 5.47. The minimum Gasteiger partial charge on any atom is -0.424 e. The largest absolute Gasteiger partial charge is 0.424 e. The molecule has 0 aliphatic heterocycles. The second kappa shape index (κ2) is 9.19. The molecule has 3 aromatic carbocycles. The number of nitrogens with one attached hydrogen (secondary N) is 1. The van der Waals surface area contributed by atoms with Crippen LogP contribution in [0.2, 0.25) is 5.02 Å². The average molecular weight is 506 g/mol. The molecular weight excluding hydrogens is 485 g/mol. The number of fused-ring (bicyclic) bond motifs is 1. The van der Waals surface area contributed by atoms with Gasteiger partial charge in [-0.2, -0.15) is 5.10 Å². The smallest absolute Gasteiger partial charge is 0.373 e. The van der Waals surface area contributed by atoms with E-state index in [-0.39, 0.29) is 11.3 Å². The van der Waals surface area contributed by atoms with Gasteiger partial charge in [0.25, 0.3) is 5.56 Å². The Bertz CT molecular complexity index is 1620. The van der Waals surface area contributed by atoms with E-state index in [4.69, 9.17) is 21.2 Å². The zero-order valence-corrected chi connectivity index (χ0v) is 20.3. The molecule has 2 heterocycles. The summed E-state index contributed by atoms with van der Waals surface area (Å²) in [5.41, 5.74) is 4.49. The van der Waals surface area contributed by atoms with Crippen LogP contribution >= 0.6 is 19.2 Å². The maximum atomic E-state index is 12.8. The molecule has 7 nitrogen and oxygen atoms in total. The zero-order valence-electron chi connectivity index (χ0n) is 18.7. The fraction of sp³-hybridized carbons (Fsp3) is 0.0769. The number of para-hydroxylation sites is 1. The summed E-state index contributed by atoms with van der Waals surface area (Å²) in [7, 11) is -3.84. The van der Waals surface area contributed by atoms with Crippen molar-refractivity contribution in [2.45, 2.75) is 6.42 Å². The highest BCUT2D eigenvalue weighted by atomic mass is 35.5. The summed E-state index contributed by atoms with van der Waals surface area (Å²) in [5, 5.41) is 5.49. The Kier molecular flexibility index (Phi) is 6.07. The number of aromatic nitrogens is 3. The maximum absolute atomic E-state index is 12.8. The average Bonchev–Trinajstić information content (AvgIpc) is 3.17. The SMILES string of the molecule is CP(=O)(O)Oc1ccccc1-c1cc(=O)[nH]c2c(-c3ccc(Cl)cc3)c(Cc3ccccc3)nn12. The number of benzene rings is 3. The number of nitrogens with zero attached hydrogens (tertiary/aromatic N) is 2. The zero-order chi connectivity index (χ0) is 24.6. The first-order chi connectivity index (χ1) is 16.8. The predicted molar refractivity (Wildman–Crippen MR) is 137 cm³/mol. The molecule has 5 aromatic rings. The van der Waals surface area contributed by atoms with Gasteiger partial charge in [0.15, 0.2) is 0 Å². The van der Waals surface area contributed by atoms with Crippen LogP contribution in [0.4, 0.5) is 0 Å². The molecule has 0 aliphatic rings. The van der Waals surface area contributed by atoms with Gasteiger partial charge in [0.1, 0.15) is 11.4 Å². The van der Waals surface area contributed by atoms with Gasteiger partial charge in [-0.25, -0.2) is 9.08 Å². The minimum atomic E-state index is -3.84. The number of H-pyrrole nitrogens is 1. The van der Waals surface area contributed by atoms with Crippen LogP contribution in [0.25, 0.3) is 28.0 Å². The van der Waals surface area contributed by atoms with Gasteiger partial charge >= 0.3 is 7.60 Å². The molecule has 2 N–H and O–H groups in total.